The lowest BCUT2D eigenvalue weighted by atomic mass is 10.2. The highest BCUT2D eigenvalue weighted by Crippen LogP contribution is 2.24. The Bertz CT molecular complexity index is 795. The molecule has 104 valence electrons. The number of halogens is 1. The first kappa shape index (κ1) is 13.6. The summed E-state index contributed by atoms with van der Waals surface area (Å²) in [4.78, 5) is 4.30. The highest BCUT2D eigenvalue weighted by Gasteiger charge is 2.01. The van der Waals surface area contributed by atoms with Crippen LogP contribution in [0.25, 0.3) is 10.9 Å². The fourth-order valence-corrected chi connectivity index (χ4v) is 2.21. The molecule has 0 amide bonds. The molecule has 0 radical (unpaired) electrons. The van der Waals surface area contributed by atoms with Crippen molar-refractivity contribution in [2.75, 3.05) is 5.43 Å². The molecule has 4 heteroatoms. The van der Waals surface area contributed by atoms with Crippen LogP contribution in [0.4, 0.5) is 5.69 Å². The number of hydrogen-bond acceptors (Lipinski definition) is 3. The molecule has 0 aliphatic heterocycles. The number of hydrazone groups is 1. The third-order valence-electron chi connectivity index (χ3n) is 3.18. The van der Waals surface area contributed by atoms with Crippen LogP contribution in [0.5, 0.6) is 0 Å². The van der Waals surface area contributed by atoms with Crippen molar-refractivity contribution in [3.8, 4) is 0 Å². The van der Waals surface area contributed by atoms with Crippen LogP contribution in [0, 0.1) is 6.92 Å². The fraction of sp³-hybridized carbons (Fsp3) is 0.0588. The molecule has 21 heavy (non-hydrogen) atoms. The van der Waals surface area contributed by atoms with Gasteiger partial charge < -0.3 is 0 Å². The number of rotatable bonds is 3. The molecule has 1 N–H and O–H groups in total. The lowest BCUT2D eigenvalue weighted by Crippen LogP contribution is -1.92. The van der Waals surface area contributed by atoms with E-state index in [9.17, 15) is 0 Å². The summed E-state index contributed by atoms with van der Waals surface area (Å²) in [6.45, 7) is 2.06. The van der Waals surface area contributed by atoms with Crippen molar-refractivity contribution in [1.82, 2.24) is 4.98 Å². The summed E-state index contributed by atoms with van der Waals surface area (Å²) in [5, 5.41) is 5.94. The van der Waals surface area contributed by atoms with Crippen LogP contribution in [-0.2, 0) is 0 Å². The molecule has 0 aliphatic rings. The van der Waals surface area contributed by atoms with Gasteiger partial charge in [-0.2, -0.15) is 5.10 Å². The van der Waals surface area contributed by atoms with E-state index in [0.717, 1.165) is 22.2 Å². The van der Waals surface area contributed by atoms with Gasteiger partial charge in [0.05, 0.1) is 17.4 Å². The fourth-order valence-electron chi connectivity index (χ4n) is 2.05. The van der Waals surface area contributed by atoms with Gasteiger partial charge in [-0.25, -0.2) is 0 Å². The third-order valence-corrected chi connectivity index (χ3v) is 3.42. The predicted octanol–water partition coefficient (Wildman–Crippen LogP) is 4.64. The maximum atomic E-state index is 5.98. The SMILES string of the molecule is Cc1ccc(C=NNc2ccnc3cc(Cl)ccc23)cc1. The number of aryl methyl sites for hydroxylation is 1. The quantitative estimate of drug-likeness (QED) is 0.564. The van der Waals surface area contributed by atoms with Crippen LogP contribution in [-0.4, -0.2) is 11.2 Å². The highest BCUT2D eigenvalue weighted by atomic mass is 35.5. The average molecular weight is 296 g/mol. The van der Waals surface area contributed by atoms with Crippen molar-refractivity contribution in [3.63, 3.8) is 0 Å². The molecule has 3 rings (SSSR count). The van der Waals surface area contributed by atoms with Gasteiger partial charge in [-0.3, -0.25) is 10.4 Å². The van der Waals surface area contributed by atoms with Gasteiger partial charge >= 0.3 is 0 Å². The Balaban J connectivity index is 1.83. The lowest BCUT2D eigenvalue weighted by Gasteiger charge is -2.05. The molecule has 0 saturated heterocycles. The minimum atomic E-state index is 0.676. The number of nitrogens with one attached hydrogen (secondary N) is 1. The minimum Gasteiger partial charge on any atom is -0.278 e. The van der Waals surface area contributed by atoms with Crippen molar-refractivity contribution >= 4 is 34.4 Å². The van der Waals surface area contributed by atoms with E-state index < -0.39 is 0 Å². The van der Waals surface area contributed by atoms with Gasteiger partial charge in [-0.05, 0) is 36.8 Å². The molecule has 0 unspecified atom stereocenters. The number of nitrogens with zero attached hydrogens (tertiary/aromatic N) is 2. The van der Waals surface area contributed by atoms with Gasteiger partial charge in [0.15, 0.2) is 0 Å². The topological polar surface area (TPSA) is 37.3 Å². The van der Waals surface area contributed by atoms with E-state index in [1.54, 1.807) is 12.4 Å². The maximum Gasteiger partial charge on any atom is 0.0738 e. The van der Waals surface area contributed by atoms with Gasteiger partial charge in [0.2, 0.25) is 0 Å². The number of benzene rings is 2. The zero-order valence-corrected chi connectivity index (χ0v) is 12.3. The molecule has 1 aromatic heterocycles. The Hall–Kier alpha value is -2.39. The molecule has 0 aliphatic carbocycles. The molecule has 2 aromatic carbocycles. The Morgan fingerprint density at radius 1 is 1.10 bits per heavy atom. The Morgan fingerprint density at radius 2 is 1.90 bits per heavy atom. The van der Waals surface area contributed by atoms with Gasteiger partial charge in [-0.15, -0.1) is 0 Å². The van der Waals surface area contributed by atoms with Crippen LogP contribution in [0.1, 0.15) is 11.1 Å². The summed E-state index contributed by atoms with van der Waals surface area (Å²) in [7, 11) is 0. The largest absolute Gasteiger partial charge is 0.278 e. The molecular weight excluding hydrogens is 282 g/mol. The molecule has 0 spiro atoms. The second kappa shape index (κ2) is 5.94. The molecular formula is C17H14ClN3. The maximum absolute atomic E-state index is 5.98. The van der Waals surface area contributed by atoms with E-state index >= 15 is 0 Å². The van der Waals surface area contributed by atoms with Crippen molar-refractivity contribution in [1.29, 1.82) is 0 Å². The van der Waals surface area contributed by atoms with Crippen molar-refractivity contribution in [2.24, 2.45) is 5.10 Å². The van der Waals surface area contributed by atoms with Crippen molar-refractivity contribution in [2.45, 2.75) is 6.92 Å². The number of aromatic nitrogens is 1. The average Bonchev–Trinajstić information content (AvgIpc) is 2.49. The van der Waals surface area contributed by atoms with Crippen LogP contribution in [0.2, 0.25) is 5.02 Å². The zero-order chi connectivity index (χ0) is 14.7. The van der Waals surface area contributed by atoms with E-state index in [1.165, 1.54) is 5.56 Å². The summed E-state index contributed by atoms with van der Waals surface area (Å²) < 4.78 is 0. The van der Waals surface area contributed by atoms with Gasteiger partial charge in [0.1, 0.15) is 0 Å². The Morgan fingerprint density at radius 3 is 2.71 bits per heavy atom. The van der Waals surface area contributed by atoms with Crippen LogP contribution in [0.15, 0.2) is 59.8 Å². The van der Waals surface area contributed by atoms with Gasteiger partial charge in [0, 0.05) is 16.6 Å². The second-order valence-corrected chi connectivity index (χ2v) is 5.24. The normalized spacial score (nSPS) is 11.1. The molecule has 3 aromatic rings. The van der Waals surface area contributed by atoms with Gasteiger partial charge in [-0.1, -0.05) is 41.4 Å². The molecule has 3 nitrogen and oxygen atoms in total. The number of hydrogen-bond donors (Lipinski definition) is 1. The molecule has 0 fully saturated rings. The van der Waals surface area contributed by atoms with E-state index in [0.29, 0.717) is 5.02 Å². The molecule has 0 atom stereocenters. The zero-order valence-electron chi connectivity index (χ0n) is 11.5. The summed E-state index contributed by atoms with van der Waals surface area (Å²) in [6.07, 6.45) is 3.53. The first-order chi connectivity index (χ1) is 10.2. The highest BCUT2D eigenvalue weighted by molar-refractivity contribution is 6.31. The van der Waals surface area contributed by atoms with E-state index in [-0.39, 0.29) is 0 Å². The van der Waals surface area contributed by atoms with Crippen molar-refractivity contribution < 1.29 is 0 Å². The number of fused-ring (bicyclic) bond motifs is 1. The van der Waals surface area contributed by atoms with Gasteiger partial charge in [0.25, 0.3) is 0 Å². The molecule has 0 saturated carbocycles. The molecule has 1 heterocycles. The number of pyridine rings is 1. The lowest BCUT2D eigenvalue weighted by molar-refractivity contribution is 1.33. The first-order valence-electron chi connectivity index (χ1n) is 6.62. The minimum absolute atomic E-state index is 0.676. The summed E-state index contributed by atoms with van der Waals surface area (Å²) >= 11 is 5.98. The van der Waals surface area contributed by atoms with E-state index in [4.69, 9.17) is 11.6 Å². The Kier molecular flexibility index (Phi) is 3.84. The first-order valence-corrected chi connectivity index (χ1v) is 7.00. The van der Waals surface area contributed by atoms with E-state index in [1.807, 2.05) is 36.4 Å². The summed E-state index contributed by atoms with van der Waals surface area (Å²) in [6, 6.07) is 15.7. The summed E-state index contributed by atoms with van der Waals surface area (Å²) in [5.74, 6) is 0. The third kappa shape index (κ3) is 3.20. The van der Waals surface area contributed by atoms with Crippen LogP contribution in [0.3, 0.4) is 0 Å². The van der Waals surface area contributed by atoms with Crippen LogP contribution >= 0.6 is 11.6 Å². The smallest absolute Gasteiger partial charge is 0.0738 e. The Labute approximate surface area is 128 Å². The number of anilines is 1. The predicted molar refractivity (Wildman–Crippen MR) is 89.1 cm³/mol. The van der Waals surface area contributed by atoms with E-state index in [2.05, 4.69) is 34.6 Å². The monoisotopic (exact) mass is 295 g/mol. The van der Waals surface area contributed by atoms with Crippen molar-refractivity contribution in [3.05, 3.63) is 70.9 Å². The molecule has 0 bridgehead atoms. The second-order valence-electron chi connectivity index (χ2n) is 4.80. The standard InChI is InChI=1S/C17H14ClN3/c1-12-2-4-13(5-3-12)11-20-21-16-8-9-19-17-10-14(18)6-7-15(16)17/h2-11H,1H3,(H,19,21). The summed E-state index contributed by atoms with van der Waals surface area (Å²) in [5.41, 5.74) is 7.09. The van der Waals surface area contributed by atoms with Crippen LogP contribution < -0.4 is 5.43 Å².